The van der Waals surface area contributed by atoms with E-state index < -0.39 is 17.9 Å². The Balaban J connectivity index is 2.55. The summed E-state index contributed by atoms with van der Waals surface area (Å²) < 4.78 is 5.47. The molecule has 106 valence electrons. The van der Waals surface area contributed by atoms with E-state index in [4.69, 9.17) is 14.6 Å². The van der Waals surface area contributed by atoms with Gasteiger partial charge in [0.15, 0.2) is 0 Å². The van der Waals surface area contributed by atoms with Crippen molar-refractivity contribution in [3.8, 4) is 11.3 Å². The van der Waals surface area contributed by atoms with Crippen molar-refractivity contribution in [2.45, 2.75) is 32.6 Å². The molecular formula is C15H16O5. The largest absolute Gasteiger partial charge is 0.481 e. The first-order chi connectivity index (χ1) is 9.41. The van der Waals surface area contributed by atoms with Gasteiger partial charge in [-0.05, 0) is 42.7 Å². The second-order valence-electron chi connectivity index (χ2n) is 4.91. The molecular weight excluding hydrogens is 260 g/mol. The predicted molar refractivity (Wildman–Crippen MR) is 72.1 cm³/mol. The van der Waals surface area contributed by atoms with Crippen molar-refractivity contribution in [1.82, 2.24) is 0 Å². The molecule has 5 heteroatoms. The Morgan fingerprint density at radius 2 is 1.75 bits per heavy atom. The van der Waals surface area contributed by atoms with Gasteiger partial charge in [0.1, 0.15) is 5.76 Å². The van der Waals surface area contributed by atoms with Crippen molar-refractivity contribution in [1.29, 1.82) is 0 Å². The summed E-state index contributed by atoms with van der Waals surface area (Å²) >= 11 is 0. The third kappa shape index (κ3) is 2.52. The first-order valence-corrected chi connectivity index (χ1v) is 6.31. The molecule has 1 heterocycles. The van der Waals surface area contributed by atoms with Crippen LogP contribution >= 0.6 is 0 Å². The number of fused-ring (bicyclic) bond motifs is 1. The lowest BCUT2D eigenvalue weighted by atomic mass is 9.89. The van der Waals surface area contributed by atoms with Gasteiger partial charge >= 0.3 is 11.9 Å². The molecule has 2 rings (SSSR count). The second-order valence-corrected chi connectivity index (χ2v) is 4.91. The van der Waals surface area contributed by atoms with Gasteiger partial charge in [-0.25, -0.2) is 0 Å². The van der Waals surface area contributed by atoms with Crippen molar-refractivity contribution >= 4 is 11.9 Å². The monoisotopic (exact) mass is 276 g/mol. The molecule has 0 radical (unpaired) electrons. The van der Waals surface area contributed by atoms with Crippen LogP contribution in [0, 0.1) is 13.8 Å². The van der Waals surface area contributed by atoms with Gasteiger partial charge in [-0.1, -0.05) is 0 Å². The Hall–Kier alpha value is -2.30. The number of carboxylic acid groups (broad SMARTS) is 2. The lowest BCUT2D eigenvalue weighted by molar-refractivity contribution is -0.139. The minimum atomic E-state index is -1.00. The summed E-state index contributed by atoms with van der Waals surface area (Å²) in [5.41, 5.74) is 3.40. The van der Waals surface area contributed by atoms with E-state index in [2.05, 4.69) is 0 Å². The van der Waals surface area contributed by atoms with Crippen molar-refractivity contribution in [3.05, 3.63) is 35.1 Å². The molecule has 0 aromatic rings. The van der Waals surface area contributed by atoms with Crippen LogP contribution in [0.4, 0.5) is 0 Å². The molecule has 0 fully saturated rings. The molecule has 2 N–H and O–H groups in total. The van der Waals surface area contributed by atoms with Gasteiger partial charge in [0.05, 0.1) is 19.1 Å². The summed E-state index contributed by atoms with van der Waals surface area (Å²) in [6.07, 6.45) is 1.14. The lowest BCUT2D eigenvalue weighted by Crippen LogP contribution is -2.12. The number of carbonyl (C=O) groups is 2. The van der Waals surface area contributed by atoms with Gasteiger partial charge in [-0.2, -0.15) is 0 Å². The Morgan fingerprint density at radius 3 is 2.30 bits per heavy atom. The summed E-state index contributed by atoms with van der Waals surface area (Å²) in [6, 6.07) is 3.56. The quantitative estimate of drug-likeness (QED) is 0.876. The van der Waals surface area contributed by atoms with Gasteiger partial charge in [0, 0.05) is 11.5 Å². The predicted octanol–water partition coefficient (Wildman–Crippen LogP) is 3.03. The van der Waals surface area contributed by atoms with Crippen LogP contribution in [0.1, 0.15) is 35.4 Å². The number of hydrogen-bond donors (Lipinski definition) is 2. The Morgan fingerprint density at radius 1 is 1.15 bits per heavy atom. The molecule has 5 nitrogen and oxygen atoms in total. The molecule has 0 aromatic carbocycles. The molecule has 2 aliphatic rings. The maximum atomic E-state index is 11.0. The highest BCUT2D eigenvalue weighted by atomic mass is 16.4. The van der Waals surface area contributed by atoms with E-state index in [0.717, 1.165) is 22.3 Å². The Labute approximate surface area is 116 Å². The highest BCUT2D eigenvalue weighted by Crippen LogP contribution is 2.42. The Kier molecular flexibility index (Phi) is 3.79. The standard InChI is InChI=1S/C15H16O5/c1-8-9(2)15-11(4-3-5-20-15)14(8)10(6-12(16)17)7-13(18)19/h3-5,10H,6-7H2,1-2H3,(H,16,17)(H,18,19). The molecule has 0 atom stereocenters. The smallest absolute Gasteiger partial charge is 0.303 e. The van der Waals surface area contributed by atoms with Crippen molar-refractivity contribution in [2.75, 3.05) is 0 Å². The number of aliphatic carboxylic acids is 2. The number of hydrogen-bond acceptors (Lipinski definition) is 3. The zero-order valence-corrected chi connectivity index (χ0v) is 11.3. The van der Waals surface area contributed by atoms with Crippen LogP contribution in [-0.2, 0) is 9.59 Å². The van der Waals surface area contributed by atoms with E-state index in [9.17, 15) is 9.59 Å². The van der Waals surface area contributed by atoms with Gasteiger partial charge in [-0.15, -0.1) is 0 Å². The van der Waals surface area contributed by atoms with Gasteiger partial charge in [0.25, 0.3) is 0 Å². The van der Waals surface area contributed by atoms with Crippen LogP contribution in [0.15, 0.2) is 22.8 Å². The average Bonchev–Trinajstić information content (AvgIpc) is 2.61. The summed E-state index contributed by atoms with van der Waals surface area (Å²) in [5.74, 6) is -1.87. The van der Waals surface area contributed by atoms with Gasteiger partial charge in [-0.3, -0.25) is 9.59 Å². The van der Waals surface area contributed by atoms with E-state index in [0.29, 0.717) is 5.76 Å². The summed E-state index contributed by atoms with van der Waals surface area (Å²) in [7, 11) is 0. The zero-order valence-electron chi connectivity index (χ0n) is 11.3. The van der Waals surface area contributed by atoms with E-state index in [1.807, 2.05) is 19.9 Å². The van der Waals surface area contributed by atoms with E-state index in [1.165, 1.54) is 0 Å². The lowest BCUT2D eigenvalue weighted by Gasteiger charge is -2.15. The van der Waals surface area contributed by atoms with Crippen LogP contribution in [0.25, 0.3) is 11.3 Å². The topological polar surface area (TPSA) is 87.7 Å². The molecule has 20 heavy (non-hydrogen) atoms. The normalized spacial score (nSPS) is 11.2. The van der Waals surface area contributed by atoms with Crippen LogP contribution in [0.3, 0.4) is 0 Å². The molecule has 0 spiro atoms. The summed E-state index contributed by atoms with van der Waals surface area (Å²) in [4.78, 5) is 22.0. The van der Waals surface area contributed by atoms with Crippen LogP contribution < -0.4 is 0 Å². The molecule has 1 aliphatic heterocycles. The Bertz CT molecular complexity index is 610. The molecule has 0 amide bonds. The van der Waals surface area contributed by atoms with Crippen LogP contribution in [0.5, 0.6) is 0 Å². The summed E-state index contributed by atoms with van der Waals surface area (Å²) in [5, 5.41) is 18.0. The highest BCUT2D eigenvalue weighted by molar-refractivity contribution is 5.78. The first-order valence-electron chi connectivity index (χ1n) is 6.31. The molecule has 0 saturated carbocycles. The fourth-order valence-electron chi connectivity index (χ4n) is 2.68. The van der Waals surface area contributed by atoms with Gasteiger partial charge < -0.3 is 14.6 Å². The van der Waals surface area contributed by atoms with Crippen LogP contribution in [-0.4, -0.2) is 22.2 Å². The third-order valence-electron chi connectivity index (χ3n) is 3.62. The molecule has 0 aromatic heterocycles. The molecule has 0 unspecified atom stereocenters. The second kappa shape index (κ2) is 5.36. The molecule has 0 bridgehead atoms. The molecule has 1 aliphatic carbocycles. The minimum Gasteiger partial charge on any atom is -0.481 e. The maximum absolute atomic E-state index is 11.0. The van der Waals surface area contributed by atoms with Crippen molar-refractivity contribution < 1.29 is 24.2 Å². The first kappa shape index (κ1) is 14.1. The maximum Gasteiger partial charge on any atom is 0.303 e. The highest BCUT2D eigenvalue weighted by Gasteiger charge is 2.28. The number of rotatable bonds is 5. The SMILES string of the molecule is Cc1c2occcc-2c(C(CC(=O)O)CC(=O)O)c1C. The molecule has 0 saturated heterocycles. The van der Waals surface area contributed by atoms with E-state index in [1.54, 1.807) is 12.3 Å². The fourth-order valence-corrected chi connectivity index (χ4v) is 2.68. The average molecular weight is 276 g/mol. The van der Waals surface area contributed by atoms with E-state index >= 15 is 0 Å². The van der Waals surface area contributed by atoms with Gasteiger partial charge in [0.2, 0.25) is 0 Å². The van der Waals surface area contributed by atoms with Crippen molar-refractivity contribution in [2.24, 2.45) is 0 Å². The fraction of sp³-hybridized carbons (Fsp3) is 0.333. The minimum absolute atomic E-state index is 0.208. The third-order valence-corrected chi connectivity index (χ3v) is 3.62. The number of carboxylic acids is 2. The summed E-state index contributed by atoms with van der Waals surface area (Å²) in [6.45, 7) is 3.76. The van der Waals surface area contributed by atoms with Crippen molar-refractivity contribution in [3.63, 3.8) is 0 Å². The van der Waals surface area contributed by atoms with E-state index in [-0.39, 0.29) is 12.8 Å². The van der Waals surface area contributed by atoms with Crippen LogP contribution in [0.2, 0.25) is 0 Å². The zero-order chi connectivity index (χ0) is 14.9.